The smallest absolute Gasteiger partial charge is 0.198 e. The average molecular weight is 1190 g/mol. The van der Waals surface area contributed by atoms with E-state index in [1.807, 2.05) is 34.9 Å². The van der Waals surface area contributed by atoms with Gasteiger partial charge < -0.3 is 53.0 Å². The quantitative estimate of drug-likeness (QED) is 0.0660. The second-order valence-corrected chi connectivity index (χ2v) is 37.7. The number of aliphatic hydroxyl groups is 1. The Bertz CT molecular complexity index is 3450. The number of nitrogens with one attached hydrogen (secondary N) is 2. The Balaban J connectivity index is 0.000000165. The highest BCUT2D eigenvalue weighted by Gasteiger charge is 2.53. The summed E-state index contributed by atoms with van der Waals surface area (Å²) in [4.78, 5) is 15.0. The third-order valence-electron chi connectivity index (χ3n) is 19.2. The molecule has 6 saturated heterocycles. The van der Waals surface area contributed by atoms with Crippen LogP contribution in [0.25, 0.3) is 55.7 Å². The largest absolute Gasteiger partial charge is 0.470 e. The first kappa shape index (κ1) is 57.9. The van der Waals surface area contributed by atoms with Gasteiger partial charge in [-0.3, -0.25) is 9.47 Å². The van der Waals surface area contributed by atoms with Crippen LogP contribution in [0, 0.1) is 11.6 Å². The van der Waals surface area contributed by atoms with Crippen molar-refractivity contribution in [3.05, 3.63) is 108 Å². The van der Waals surface area contributed by atoms with Gasteiger partial charge in [-0.2, -0.15) is 0 Å². The van der Waals surface area contributed by atoms with Crippen molar-refractivity contribution in [2.75, 3.05) is 40.1 Å². The number of halogens is 2. The fraction of sp³-hybridized carbons (Fsp3) is 0.538. The molecule has 0 spiro atoms. The lowest BCUT2D eigenvalue weighted by atomic mass is 9.94. The van der Waals surface area contributed by atoms with Crippen molar-refractivity contribution < 1.29 is 51.5 Å². The highest BCUT2D eigenvalue weighted by Crippen LogP contribution is 2.43. The zero-order valence-corrected chi connectivity index (χ0v) is 52.0. The number of fused-ring (bicyclic) bond motifs is 8. The molecule has 19 heteroatoms. The van der Waals surface area contributed by atoms with E-state index in [9.17, 15) is 5.11 Å². The summed E-state index contributed by atoms with van der Waals surface area (Å²) in [5.74, 6) is 0.284. The van der Waals surface area contributed by atoms with Gasteiger partial charge in [0.05, 0.1) is 54.6 Å². The molecule has 448 valence electrons. The minimum atomic E-state index is -2.01. The molecule has 3 N–H and O–H groups in total. The van der Waals surface area contributed by atoms with Gasteiger partial charge in [-0.25, -0.2) is 18.7 Å². The summed E-state index contributed by atoms with van der Waals surface area (Å²) in [5.41, 5.74) is 9.78. The van der Waals surface area contributed by atoms with E-state index in [1.165, 1.54) is 54.0 Å². The van der Waals surface area contributed by atoms with E-state index in [1.54, 1.807) is 12.1 Å². The van der Waals surface area contributed by atoms with Crippen molar-refractivity contribution in [2.45, 2.75) is 183 Å². The number of aromatic amines is 1. The maximum absolute atomic E-state index is 15.9. The summed E-state index contributed by atoms with van der Waals surface area (Å²) in [6.45, 7) is 20.5. The number of H-pyrrole nitrogens is 1. The SMILES string of the molecule is CC(C)(C)[Si](C)(C)O[C@@H]1CO[C@H]2[C@@H]1OC[C@H]2Oc1cc2nc(-c3ccc(C4=CC5CCC(C4)N5)cc3)c(F)cc2n1COCC[Si](C)(C)C.CN1C2C=C(c3ccc(-c4nc5cc(O[C@@H]6CO[C@H]7[C@@H]6OC[C@H]7O)[nH]c5cc4F)cc3)CC1CC2. The molecule has 15 nitrogen and oxygen atoms in total. The van der Waals surface area contributed by atoms with Crippen LogP contribution >= 0.6 is 0 Å². The van der Waals surface area contributed by atoms with Gasteiger partial charge in [0.25, 0.3) is 0 Å². The lowest BCUT2D eigenvalue weighted by molar-refractivity contribution is 0.00794. The lowest BCUT2D eigenvalue weighted by Crippen LogP contribution is -2.47. The number of aliphatic hydroxyl groups excluding tert-OH is 1. The summed E-state index contributed by atoms with van der Waals surface area (Å²) in [6, 6.07) is 26.1. The molecule has 14 rings (SSSR count). The summed E-state index contributed by atoms with van der Waals surface area (Å²) in [5, 5.41) is 13.7. The van der Waals surface area contributed by atoms with E-state index in [-0.39, 0.29) is 72.7 Å². The van der Waals surface area contributed by atoms with Gasteiger partial charge in [0, 0.05) is 74.2 Å². The summed E-state index contributed by atoms with van der Waals surface area (Å²) < 4.78 is 82.3. The first-order valence-corrected chi connectivity index (χ1v) is 37.0. The van der Waals surface area contributed by atoms with E-state index >= 15 is 8.78 Å². The Kier molecular flexibility index (Phi) is 15.7. The molecule has 0 saturated carbocycles. The maximum Gasteiger partial charge on any atom is 0.198 e. The van der Waals surface area contributed by atoms with Crippen molar-refractivity contribution in [1.82, 2.24) is 29.7 Å². The van der Waals surface area contributed by atoms with Gasteiger partial charge in [-0.1, -0.05) is 101 Å². The number of hydrogen-bond acceptors (Lipinski definition) is 13. The van der Waals surface area contributed by atoms with Crippen molar-refractivity contribution in [3.8, 4) is 34.3 Å². The minimum absolute atomic E-state index is 0.0868. The lowest BCUT2D eigenvalue weighted by Gasteiger charge is -2.39. The van der Waals surface area contributed by atoms with E-state index in [2.05, 4.69) is 117 Å². The average Bonchev–Trinajstić information content (AvgIpc) is 4.55. The van der Waals surface area contributed by atoms with E-state index in [4.69, 9.17) is 42.6 Å². The summed E-state index contributed by atoms with van der Waals surface area (Å²) >= 11 is 0. The number of hydrogen-bond donors (Lipinski definition) is 3. The second kappa shape index (κ2) is 22.8. The molecule has 84 heavy (non-hydrogen) atoms. The minimum Gasteiger partial charge on any atom is -0.470 e. The molecular weight excluding hydrogens is 1100 g/mol. The molecular formula is C65H82F2N6O9Si2. The predicted molar refractivity (Wildman–Crippen MR) is 326 cm³/mol. The highest BCUT2D eigenvalue weighted by atomic mass is 28.4. The molecule has 0 radical (unpaired) electrons. The zero-order chi connectivity index (χ0) is 58.4. The Labute approximate surface area is 493 Å². The Hall–Kier alpha value is -5.17. The molecule has 4 aromatic heterocycles. The third kappa shape index (κ3) is 11.6. The normalized spacial score (nSPS) is 29.3. The van der Waals surface area contributed by atoms with E-state index < -0.39 is 22.5 Å². The number of nitrogens with zero attached hydrogens (tertiary/aromatic N) is 4. The van der Waals surface area contributed by atoms with Crippen LogP contribution < -0.4 is 14.8 Å². The molecule has 4 bridgehead atoms. The van der Waals surface area contributed by atoms with Crippen LogP contribution in [-0.2, 0) is 34.8 Å². The molecule has 12 atom stereocenters. The summed E-state index contributed by atoms with van der Waals surface area (Å²) in [6.07, 6.45) is 9.19. The van der Waals surface area contributed by atoms with E-state index in [0.717, 1.165) is 30.0 Å². The van der Waals surface area contributed by atoms with Gasteiger partial charge in [-0.15, -0.1) is 0 Å². The van der Waals surface area contributed by atoms with Crippen molar-refractivity contribution in [1.29, 1.82) is 0 Å². The molecule has 12 heterocycles. The molecule has 8 aliphatic rings. The first-order chi connectivity index (χ1) is 40.2. The molecule has 2 aromatic carbocycles. The number of likely N-dealkylation sites (N-methyl/N-ethyl adjacent to an activating group) is 1. The van der Waals surface area contributed by atoms with Crippen LogP contribution in [0.1, 0.15) is 70.4 Å². The molecule has 6 fully saturated rings. The maximum atomic E-state index is 15.9. The van der Waals surface area contributed by atoms with Gasteiger partial charge in [0.15, 0.2) is 43.9 Å². The van der Waals surface area contributed by atoms with Crippen molar-refractivity contribution in [3.63, 3.8) is 0 Å². The third-order valence-corrected chi connectivity index (χ3v) is 25.5. The zero-order valence-electron chi connectivity index (χ0n) is 50.0. The topological polar surface area (TPSA) is 156 Å². The Morgan fingerprint density at radius 1 is 0.679 bits per heavy atom. The standard InChI is InChI=1S/C38H54FN3O5Si2.C27H28FN3O4/c1-38(2,3)49(7,8)47-33-22-45-36-32(21-44-37(33)36)46-34-20-30-31(42(34)23-43-15-16-48(4,5)6)19-29(39)35(41-30)25-11-9-24(10-12-25)26-17-27-13-14-28(18-26)40-27;1-31-17-6-7-18(31)9-16(8-17)14-2-4-15(5-3-14)25-19(28)10-20-21(30-25)11-24(29-20)35-23-13-34-26-22(32)12-33-27(23)26/h9-12,17,19-20,27-28,32-33,36-37,40H,13-16,18,21-23H2,1-8H3;2-5,8,10-11,17-18,22-23,26-27,29,32H,6-7,9,12-13H2,1H3/t27?,28?,32-,33-,36-,37-;17?,18?,22-,23-,26-,27-/m11/s1. The first-order valence-electron chi connectivity index (χ1n) is 30.4. The van der Waals surface area contributed by atoms with E-state index in [0.29, 0.717) is 95.8 Å². The van der Waals surface area contributed by atoms with Crippen LogP contribution in [0.2, 0.25) is 43.8 Å². The molecule has 4 unspecified atom stereocenters. The van der Waals surface area contributed by atoms with Gasteiger partial charge in [-0.05, 0) is 92.0 Å². The van der Waals surface area contributed by atoms with Crippen molar-refractivity contribution >= 4 is 49.6 Å². The number of benzene rings is 2. The van der Waals surface area contributed by atoms with Crippen molar-refractivity contribution in [2.24, 2.45) is 0 Å². The second-order valence-electron chi connectivity index (χ2n) is 27.3. The molecule has 0 amide bonds. The number of aromatic nitrogens is 4. The number of ether oxygens (including phenoxy) is 7. The Morgan fingerprint density at radius 2 is 1.29 bits per heavy atom. The highest BCUT2D eigenvalue weighted by molar-refractivity contribution is 6.76. The van der Waals surface area contributed by atoms with Crippen LogP contribution in [0.15, 0.2) is 84.9 Å². The van der Waals surface area contributed by atoms with Crippen LogP contribution in [-0.4, -0.2) is 159 Å². The number of rotatable bonds is 15. The van der Waals surface area contributed by atoms with Crippen LogP contribution in [0.5, 0.6) is 11.8 Å². The monoisotopic (exact) mass is 1180 g/mol. The fourth-order valence-corrected chi connectivity index (χ4v) is 15.4. The van der Waals surface area contributed by atoms with Gasteiger partial charge in [0.1, 0.15) is 48.6 Å². The fourth-order valence-electron chi connectivity index (χ4n) is 13.3. The number of pyridine rings is 2. The van der Waals surface area contributed by atoms with Gasteiger partial charge in [0.2, 0.25) is 0 Å². The Morgan fingerprint density at radius 3 is 1.96 bits per heavy atom. The molecule has 8 aliphatic heterocycles. The molecule has 6 aromatic rings. The van der Waals surface area contributed by atoms with Gasteiger partial charge >= 0.3 is 0 Å². The van der Waals surface area contributed by atoms with Crippen LogP contribution in [0.4, 0.5) is 8.78 Å². The summed E-state index contributed by atoms with van der Waals surface area (Å²) in [7, 11) is -1.08. The van der Waals surface area contributed by atoms with Crippen LogP contribution in [0.3, 0.4) is 0 Å². The molecule has 0 aliphatic carbocycles. The predicted octanol–water partition coefficient (Wildman–Crippen LogP) is 11.5.